The van der Waals surface area contributed by atoms with E-state index in [1.807, 2.05) is 37.1 Å². The van der Waals surface area contributed by atoms with E-state index >= 15 is 0 Å². The number of carbonyl (C=O) groups is 1. The molecular weight excluding hydrogens is 438 g/mol. The predicted octanol–water partition coefficient (Wildman–Crippen LogP) is 4.55. The quantitative estimate of drug-likeness (QED) is 0.559. The molecule has 35 heavy (non-hydrogen) atoms. The van der Waals surface area contributed by atoms with Crippen LogP contribution < -0.4 is 14.4 Å². The summed E-state index contributed by atoms with van der Waals surface area (Å²) in [6.45, 7) is 5.61. The minimum Gasteiger partial charge on any atom is -0.486 e. The molecule has 1 fully saturated rings. The third-order valence-electron chi connectivity index (χ3n) is 7.72. The van der Waals surface area contributed by atoms with Crippen LogP contribution in [-0.2, 0) is 17.6 Å². The Kier molecular flexibility index (Phi) is 5.85. The number of benzene rings is 2. The minimum atomic E-state index is 0.0107. The van der Waals surface area contributed by atoms with Gasteiger partial charge >= 0.3 is 0 Å². The van der Waals surface area contributed by atoms with E-state index in [4.69, 9.17) is 9.47 Å². The summed E-state index contributed by atoms with van der Waals surface area (Å²) in [5, 5.41) is 1.02. The zero-order chi connectivity index (χ0) is 23.9. The largest absolute Gasteiger partial charge is 0.486 e. The second kappa shape index (κ2) is 9.15. The van der Waals surface area contributed by atoms with Crippen LogP contribution in [0.2, 0.25) is 0 Å². The summed E-state index contributed by atoms with van der Waals surface area (Å²) in [4.78, 5) is 21.2. The van der Waals surface area contributed by atoms with E-state index in [9.17, 15) is 4.79 Å². The summed E-state index contributed by atoms with van der Waals surface area (Å²) in [6.07, 6.45) is 4.97. The smallest absolute Gasteiger partial charge is 0.227 e. The molecule has 0 aliphatic carbocycles. The zero-order valence-electron chi connectivity index (χ0n) is 20.6. The highest BCUT2D eigenvalue weighted by Crippen LogP contribution is 2.38. The molecule has 182 valence electrons. The molecule has 0 bridgehead atoms. The number of fused-ring (bicyclic) bond motifs is 4. The van der Waals surface area contributed by atoms with Crippen molar-refractivity contribution in [3.05, 3.63) is 59.3 Å². The molecule has 6 rings (SSSR count). The molecule has 6 nitrogen and oxygen atoms in total. The molecule has 1 amide bonds. The van der Waals surface area contributed by atoms with E-state index in [1.165, 1.54) is 24.0 Å². The van der Waals surface area contributed by atoms with Crippen LogP contribution >= 0.6 is 0 Å². The standard InChI is InChI=1S/C29H33N3O3/c1-19-5-9-24-25(30-19)10-11-27-29(24)35-23(18-34-27)17-32-13-3-4-21(16-32)14-20-6-7-22-8-12-28(33)31(2)26(22)15-20/h5-7,9-11,15,21,23H,3-4,8,12-14,16-18H2,1-2H3/t21?,23-/m0/s1. The van der Waals surface area contributed by atoms with Crippen molar-refractivity contribution in [3.63, 3.8) is 0 Å². The molecule has 2 atom stereocenters. The van der Waals surface area contributed by atoms with Gasteiger partial charge in [-0.05, 0) is 86.5 Å². The van der Waals surface area contributed by atoms with Crippen LogP contribution in [0.25, 0.3) is 10.9 Å². The van der Waals surface area contributed by atoms with Gasteiger partial charge in [0.1, 0.15) is 12.7 Å². The Bertz CT molecular complexity index is 1270. The van der Waals surface area contributed by atoms with Crippen molar-refractivity contribution in [2.45, 2.75) is 45.1 Å². The number of hydrogen-bond acceptors (Lipinski definition) is 5. The lowest BCUT2D eigenvalue weighted by Gasteiger charge is -2.36. The summed E-state index contributed by atoms with van der Waals surface area (Å²) in [7, 11) is 1.90. The van der Waals surface area contributed by atoms with Crippen molar-refractivity contribution in [3.8, 4) is 11.5 Å². The van der Waals surface area contributed by atoms with Crippen LogP contribution in [0.1, 0.15) is 36.1 Å². The van der Waals surface area contributed by atoms with Gasteiger partial charge in [0.15, 0.2) is 11.5 Å². The van der Waals surface area contributed by atoms with Gasteiger partial charge in [-0.3, -0.25) is 14.7 Å². The lowest BCUT2D eigenvalue weighted by molar-refractivity contribution is -0.118. The van der Waals surface area contributed by atoms with Gasteiger partial charge < -0.3 is 14.4 Å². The van der Waals surface area contributed by atoms with Crippen LogP contribution in [0.5, 0.6) is 11.5 Å². The Morgan fingerprint density at radius 3 is 2.94 bits per heavy atom. The van der Waals surface area contributed by atoms with Crippen molar-refractivity contribution < 1.29 is 14.3 Å². The van der Waals surface area contributed by atoms with Crippen molar-refractivity contribution in [2.75, 3.05) is 38.2 Å². The van der Waals surface area contributed by atoms with Crippen molar-refractivity contribution in [1.82, 2.24) is 9.88 Å². The third-order valence-corrected chi connectivity index (χ3v) is 7.72. The molecule has 1 saturated heterocycles. The summed E-state index contributed by atoms with van der Waals surface area (Å²) < 4.78 is 12.6. The van der Waals surface area contributed by atoms with Crippen LogP contribution in [0.15, 0.2) is 42.5 Å². The number of pyridine rings is 1. The molecule has 4 heterocycles. The second-order valence-electron chi connectivity index (χ2n) is 10.4. The van der Waals surface area contributed by atoms with Crippen LogP contribution in [0.4, 0.5) is 5.69 Å². The van der Waals surface area contributed by atoms with Crippen molar-refractivity contribution in [2.24, 2.45) is 5.92 Å². The first-order valence-electron chi connectivity index (χ1n) is 12.8. The summed E-state index contributed by atoms with van der Waals surface area (Å²) in [5.41, 5.74) is 5.66. The lowest BCUT2D eigenvalue weighted by atomic mass is 9.89. The Morgan fingerprint density at radius 1 is 1.11 bits per heavy atom. The molecule has 0 saturated carbocycles. The topological polar surface area (TPSA) is 54.9 Å². The van der Waals surface area contributed by atoms with E-state index in [1.54, 1.807) is 0 Å². The second-order valence-corrected chi connectivity index (χ2v) is 10.4. The first-order chi connectivity index (χ1) is 17.0. The lowest BCUT2D eigenvalue weighted by Crippen LogP contribution is -2.45. The number of carbonyl (C=O) groups excluding carboxylic acids is 1. The van der Waals surface area contributed by atoms with Crippen LogP contribution in [0.3, 0.4) is 0 Å². The first-order valence-corrected chi connectivity index (χ1v) is 12.8. The number of amides is 1. The van der Waals surface area contributed by atoms with Gasteiger partial charge in [-0.25, -0.2) is 0 Å². The number of aryl methyl sites for hydroxylation is 2. The number of aromatic nitrogens is 1. The summed E-state index contributed by atoms with van der Waals surface area (Å²) in [5.74, 6) is 2.46. The fourth-order valence-electron chi connectivity index (χ4n) is 5.88. The van der Waals surface area contributed by atoms with Crippen LogP contribution in [0, 0.1) is 12.8 Å². The Labute approximate surface area is 206 Å². The molecule has 6 heteroatoms. The molecule has 3 aromatic rings. The molecular formula is C29H33N3O3. The van der Waals surface area contributed by atoms with Gasteiger partial charge in [0.2, 0.25) is 5.91 Å². The average Bonchev–Trinajstić information content (AvgIpc) is 2.86. The Hall–Kier alpha value is -3.12. The number of piperidine rings is 1. The maximum Gasteiger partial charge on any atom is 0.227 e. The molecule has 0 N–H and O–H groups in total. The molecule has 2 aromatic carbocycles. The maximum absolute atomic E-state index is 12.1. The highest BCUT2D eigenvalue weighted by molar-refractivity contribution is 5.96. The zero-order valence-corrected chi connectivity index (χ0v) is 20.6. The Balaban J connectivity index is 1.11. The number of hydrogen-bond donors (Lipinski definition) is 0. The van der Waals surface area contributed by atoms with E-state index < -0.39 is 0 Å². The van der Waals surface area contributed by atoms with Gasteiger partial charge in [0.05, 0.1) is 5.52 Å². The summed E-state index contributed by atoms with van der Waals surface area (Å²) in [6, 6.07) is 14.8. The summed E-state index contributed by atoms with van der Waals surface area (Å²) >= 11 is 0. The predicted molar refractivity (Wildman–Crippen MR) is 137 cm³/mol. The van der Waals surface area contributed by atoms with Crippen molar-refractivity contribution in [1.29, 1.82) is 0 Å². The maximum atomic E-state index is 12.1. The molecule has 0 spiro atoms. The van der Waals surface area contributed by atoms with E-state index in [2.05, 4.69) is 34.1 Å². The highest BCUT2D eigenvalue weighted by atomic mass is 16.6. The number of rotatable bonds is 4. The van der Waals surface area contributed by atoms with Gasteiger partial charge in [-0.15, -0.1) is 0 Å². The number of ether oxygens (including phenoxy) is 2. The average molecular weight is 472 g/mol. The van der Waals surface area contributed by atoms with E-state index in [-0.39, 0.29) is 12.0 Å². The normalized spacial score (nSPS) is 22.3. The molecule has 0 radical (unpaired) electrons. The van der Waals surface area contributed by atoms with Gasteiger partial charge in [0.25, 0.3) is 0 Å². The van der Waals surface area contributed by atoms with E-state index in [0.29, 0.717) is 18.9 Å². The van der Waals surface area contributed by atoms with Gasteiger partial charge in [-0.1, -0.05) is 12.1 Å². The SMILES string of the molecule is Cc1ccc2c3c(ccc2n1)OC[C@H](CN1CCCC(Cc2ccc4c(c2)N(C)C(=O)CC4)C1)O3. The fourth-order valence-corrected chi connectivity index (χ4v) is 5.88. The monoisotopic (exact) mass is 471 g/mol. The number of nitrogens with zero attached hydrogens (tertiary/aromatic N) is 3. The molecule has 3 aliphatic heterocycles. The third kappa shape index (κ3) is 4.47. The van der Waals surface area contributed by atoms with Gasteiger partial charge in [0, 0.05) is 43.3 Å². The first kappa shape index (κ1) is 22.4. The van der Waals surface area contributed by atoms with Crippen molar-refractivity contribution >= 4 is 22.5 Å². The van der Waals surface area contributed by atoms with E-state index in [0.717, 1.165) is 66.3 Å². The number of likely N-dealkylation sites (tertiary alicyclic amines) is 1. The number of anilines is 1. The van der Waals surface area contributed by atoms with Gasteiger partial charge in [-0.2, -0.15) is 0 Å². The molecule has 3 aliphatic rings. The molecule has 1 aromatic heterocycles. The van der Waals surface area contributed by atoms with Crippen LogP contribution in [-0.4, -0.2) is 55.2 Å². The highest BCUT2D eigenvalue weighted by Gasteiger charge is 2.28. The molecule has 1 unspecified atom stereocenters. The minimum absolute atomic E-state index is 0.0107. The Morgan fingerprint density at radius 2 is 2.03 bits per heavy atom. The fraction of sp³-hybridized carbons (Fsp3) is 0.448.